The average Bonchev–Trinajstić information content (AvgIpc) is 2.97. The van der Waals surface area contributed by atoms with Gasteiger partial charge in [0.05, 0.1) is 13.2 Å². The summed E-state index contributed by atoms with van der Waals surface area (Å²) in [4.78, 5) is 2.57. The summed E-state index contributed by atoms with van der Waals surface area (Å²) in [5, 5.41) is 9.08. The lowest BCUT2D eigenvalue weighted by Crippen LogP contribution is -2.37. The number of hydrogen-bond donors (Lipinski definition) is 1. The van der Waals surface area contributed by atoms with Crippen LogP contribution in [0.4, 0.5) is 0 Å². The van der Waals surface area contributed by atoms with E-state index in [0.29, 0.717) is 6.61 Å². The molecule has 1 N–H and O–H groups in total. The quantitative estimate of drug-likeness (QED) is 0.810. The molecule has 2 saturated carbocycles. The maximum atomic E-state index is 9.08. The Morgan fingerprint density at radius 2 is 1.61 bits per heavy atom. The number of hydrogen-bond acceptors (Lipinski definition) is 3. The summed E-state index contributed by atoms with van der Waals surface area (Å²) >= 11 is 0. The van der Waals surface area contributed by atoms with Gasteiger partial charge in [-0.1, -0.05) is 0 Å². The molecule has 1 heterocycles. The highest BCUT2D eigenvalue weighted by Crippen LogP contribution is 2.53. The highest BCUT2D eigenvalue weighted by atomic mass is 16.5. The Kier molecular flexibility index (Phi) is 4.22. The first-order chi connectivity index (χ1) is 8.86. The number of nitrogens with zero attached hydrogens (tertiary/aromatic N) is 1. The Morgan fingerprint density at radius 3 is 2.22 bits per heavy atom. The lowest BCUT2D eigenvalue weighted by molar-refractivity contribution is 0.0335. The SMILES string of the molecule is OCCC1CC2CC1CC2CCN1CCOCC1. The lowest BCUT2D eigenvalue weighted by Gasteiger charge is -2.31. The van der Waals surface area contributed by atoms with Gasteiger partial charge in [-0.15, -0.1) is 0 Å². The van der Waals surface area contributed by atoms with Gasteiger partial charge in [0.2, 0.25) is 0 Å². The molecule has 3 heteroatoms. The summed E-state index contributed by atoms with van der Waals surface area (Å²) in [6.07, 6.45) is 6.75. The second kappa shape index (κ2) is 5.89. The highest BCUT2D eigenvalue weighted by Gasteiger charge is 2.44. The molecular weight excluding hydrogens is 226 g/mol. The Hall–Kier alpha value is -0.120. The van der Waals surface area contributed by atoms with Crippen LogP contribution in [0.1, 0.15) is 32.1 Å². The molecule has 1 aliphatic heterocycles. The van der Waals surface area contributed by atoms with E-state index in [1.54, 1.807) is 0 Å². The van der Waals surface area contributed by atoms with Crippen LogP contribution in [0, 0.1) is 23.7 Å². The van der Waals surface area contributed by atoms with E-state index < -0.39 is 0 Å². The Bertz CT molecular complexity index is 265. The molecule has 2 bridgehead atoms. The molecule has 3 rings (SSSR count). The number of aliphatic hydroxyl groups is 1. The lowest BCUT2D eigenvalue weighted by atomic mass is 9.79. The molecule has 1 saturated heterocycles. The van der Waals surface area contributed by atoms with Crippen molar-refractivity contribution in [3.8, 4) is 0 Å². The van der Waals surface area contributed by atoms with Gasteiger partial charge >= 0.3 is 0 Å². The third-order valence-electron chi connectivity index (χ3n) is 5.57. The maximum Gasteiger partial charge on any atom is 0.0594 e. The van der Waals surface area contributed by atoms with Crippen LogP contribution in [0.3, 0.4) is 0 Å². The molecule has 0 aromatic heterocycles. The molecule has 0 spiro atoms. The average molecular weight is 253 g/mol. The van der Waals surface area contributed by atoms with Gasteiger partial charge in [0.15, 0.2) is 0 Å². The van der Waals surface area contributed by atoms with Crippen LogP contribution in [-0.2, 0) is 4.74 Å². The van der Waals surface area contributed by atoms with Gasteiger partial charge in [-0.05, 0) is 62.3 Å². The van der Waals surface area contributed by atoms with Crippen molar-refractivity contribution in [3.63, 3.8) is 0 Å². The number of ether oxygens (including phenoxy) is 1. The zero-order valence-corrected chi connectivity index (χ0v) is 11.4. The minimum absolute atomic E-state index is 0.395. The van der Waals surface area contributed by atoms with E-state index in [2.05, 4.69) is 4.90 Å². The summed E-state index contributed by atoms with van der Waals surface area (Å²) in [5.41, 5.74) is 0. The summed E-state index contributed by atoms with van der Waals surface area (Å²) in [6.45, 7) is 5.79. The number of aliphatic hydroxyl groups excluding tert-OH is 1. The largest absolute Gasteiger partial charge is 0.396 e. The summed E-state index contributed by atoms with van der Waals surface area (Å²) < 4.78 is 5.40. The third-order valence-corrected chi connectivity index (χ3v) is 5.57. The van der Waals surface area contributed by atoms with Crippen molar-refractivity contribution < 1.29 is 9.84 Å². The zero-order valence-electron chi connectivity index (χ0n) is 11.4. The molecule has 3 nitrogen and oxygen atoms in total. The third kappa shape index (κ3) is 2.73. The second-order valence-corrected chi connectivity index (χ2v) is 6.50. The van der Waals surface area contributed by atoms with Gasteiger partial charge in [0.1, 0.15) is 0 Å². The molecule has 0 aromatic carbocycles. The number of morpholine rings is 1. The monoisotopic (exact) mass is 253 g/mol. The molecule has 0 radical (unpaired) electrons. The fourth-order valence-corrected chi connectivity index (χ4v) is 4.56. The van der Waals surface area contributed by atoms with Gasteiger partial charge in [-0.3, -0.25) is 4.90 Å². The number of fused-ring (bicyclic) bond motifs is 2. The normalized spacial score (nSPS) is 40.5. The van der Waals surface area contributed by atoms with Crippen LogP contribution in [0.5, 0.6) is 0 Å². The van der Waals surface area contributed by atoms with E-state index in [0.717, 1.165) is 56.4 Å². The van der Waals surface area contributed by atoms with Crippen LogP contribution < -0.4 is 0 Å². The topological polar surface area (TPSA) is 32.7 Å². The van der Waals surface area contributed by atoms with E-state index in [1.807, 2.05) is 0 Å². The van der Waals surface area contributed by atoms with Gasteiger partial charge in [-0.25, -0.2) is 0 Å². The van der Waals surface area contributed by atoms with Crippen LogP contribution >= 0.6 is 0 Å². The van der Waals surface area contributed by atoms with E-state index in [1.165, 1.54) is 32.2 Å². The highest BCUT2D eigenvalue weighted by molar-refractivity contribution is 4.95. The van der Waals surface area contributed by atoms with Gasteiger partial charge in [0, 0.05) is 19.7 Å². The Labute approximate surface area is 110 Å². The fraction of sp³-hybridized carbons (Fsp3) is 1.00. The van der Waals surface area contributed by atoms with Crippen molar-refractivity contribution in [2.45, 2.75) is 32.1 Å². The van der Waals surface area contributed by atoms with Crippen LogP contribution in [0.25, 0.3) is 0 Å². The predicted molar refractivity (Wildman–Crippen MR) is 71.4 cm³/mol. The van der Waals surface area contributed by atoms with E-state index >= 15 is 0 Å². The molecule has 3 fully saturated rings. The van der Waals surface area contributed by atoms with Gasteiger partial charge in [0.25, 0.3) is 0 Å². The first-order valence-electron chi connectivity index (χ1n) is 7.77. The molecule has 4 unspecified atom stereocenters. The second-order valence-electron chi connectivity index (χ2n) is 6.50. The van der Waals surface area contributed by atoms with Crippen molar-refractivity contribution in [1.82, 2.24) is 4.90 Å². The molecular formula is C15H27NO2. The standard InChI is InChI=1S/C15H27NO2/c17-6-2-13-10-14-11-15(13)9-12(14)1-3-16-4-7-18-8-5-16/h12-15,17H,1-11H2. The minimum Gasteiger partial charge on any atom is -0.396 e. The maximum absolute atomic E-state index is 9.08. The Morgan fingerprint density at radius 1 is 0.944 bits per heavy atom. The van der Waals surface area contributed by atoms with E-state index in [-0.39, 0.29) is 0 Å². The van der Waals surface area contributed by atoms with Crippen molar-refractivity contribution in [2.24, 2.45) is 23.7 Å². The predicted octanol–water partition coefficient (Wildman–Crippen LogP) is 1.75. The molecule has 4 atom stereocenters. The summed E-state index contributed by atoms with van der Waals surface area (Å²) in [6, 6.07) is 0. The van der Waals surface area contributed by atoms with Gasteiger partial charge in [-0.2, -0.15) is 0 Å². The minimum atomic E-state index is 0.395. The summed E-state index contributed by atoms with van der Waals surface area (Å²) in [5.74, 6) is 3.75. The molecule has 2 aliphatic carbocycles. The Balaban J connectivity index is 1.41. The van der Waals surface area contributed by atoms with Crippen LogP contribution in [0.15, 0.2) is 0 Å². The molecule has 0 aromatic rings. The van der Waals surface area contributed by atoms with Crippen molar-refractivity contribution in [3.05, 3.63) is 0 Å². The number of rotatable bonds is 5. The summed E-state index contributed by atoms with van der Waals surface area (Å²) in [7, 11) is 0. The molecule has 104 valence electrons. The van der Waals surface area contributed by atoms with Crippen LogP contribution in [-0.4, -0.2) is 49.5 Å². The molecule has 3 aliphatic rings. The fourth-order valence-electron chi connectivity index (χ4n) is 4.56. The van der Waals surface area contributed by atoms with Crippen LogP contribution in [0.2, 0.25) is 0 Å². The zero-order chi connectivity index (χ0) is 12.4. The molecule has 18 heavy (non-hydrogen) atoms. The van der Waals surface area contributed by atoms with E-state index in [9.17, 15) is 0 Å². The molecule has 0 amide bonds. The van der Waals surface area contributed by atoms with Crippen molar-refractivity contribution >= 4 is 0 Å². The first-order valence-corrected chi connectivity index (χ1v) is 7.77. The first kappa shape index (κ1) is 12.9. The van der Waals surface area contributed by atoms with E-state index in [4.69, 9.17) is 9.84 Å². The van der Waals surface area contributed by atoms with Crippen molar-refractivity contribution in [1.29, 1.82) is 0 Å². The smallest absolute Gasteiger partial charge is 0.0594 e. The van der Waals surface area contributed by atoms with Crippen molar-refractivity contribution in [2.75, 3.05) is 39.5 Å². The van der Waals surface area contributed by atoms with Gasteiger partial charge < -0.3 is 9.84 Å².